The normalized spacial score (nSPS) is 14.9. The monoisotopic (exact) mass is 387 g/mol. The Morgan fingerprint density at radius 3 is 2.34 bits per heavy atom. The van der Waals surface area contributed by atoms with Gasteiger partial charge in [-0.05, 0) is 61.9 Å². The van der Waals surface area contributed by atoms with E-state index in [4.69, 9.17) is 0 Å². The van der Waals surface area contributed by atoms with Gasteiger partial charge in [0.15, 0.2) is 5.78 Å². The molecule has 1 N–H and O–H groups in total. The molecule has 5 heteroatoms. The molecular formula is C24H25N3O2. The fraction of sp³-hybridized carbons (Fsp3) is 0.292. The zero-order valence-corrected chi connectivity index (χ0v) is 16.6. The van der Waals surface area contributed by atoms with Crippen LogP contribution in [0.1, 0.15) is 35.7 Å². The Labute approximate surface area is 171 Å². The molecule has 0 aromatic heterocycles. The summed E-state index contributed by atoms with van der Waals surface area (Å²) >= 11 is 0. The highest BCUT2D eigenvalue weighted by atomic mass is 16.1. The summed E-state index contributed by atoms with van der Waals surface area (Å²) in [6.07, 6.45) is 4.81. The van der Waals surface area contributed by atoms with Gasteiger partial charge in [-0.1, -0.05) is 30.3 Å². The van der Waals surface area contributed by atoms with Crippen molar-refractivity contribution in [2.24, 2.45) is 5.92 Å². The van der Waals surface area contributed by atoms with Gasteiger partial charge < -0.3 is 10.2 Å². The summed E-state index contributed by atoms with van der Waals surface area (Å²) in [4.78, 5) is 25.8. The number of nitrogens with zero attached hydrogens (tertiary/aromatic N) is 2. The first-order chi connectivity index (χ1) is 14.0. The molecular weight excluding hydrogens is 362 g/mol. The molecule has 0 bridgehead atoms. The average molecular weight is 387 g/mol. The third kappa shape index (κ3) is 5.79. The van der Waals surface area contributed by atoms with Crippen molar-refractivity contribution in [1.82, 2.24) is 4.90 Å². The summed E-state index contributed by atoms with van der Waals surface area (Å²) < 4.78 is 0. The number of nitrogens with one attached hydrogen (secondary N) is 1. The highest BCUT2D eigenvalue weighted by Crippen LogP contribution is 2.22. The molecule has 1 amide bonds. The van der Waals surface area contributed by atoms with Crippen LogP contribution < -0.4 is 5.32 Å². The fourth-order valence-corrected chi connectivity index (χ4v) is 3.54. The Morgan fingerprint density at radius 2 is 1.76 bits per heavy atom. The minimum Gasteiger partial charge on any atom is -0.376 e. The molecule has 0 spiro atoms. The lowest BCUT2D eigenvalue weighted by Crippen LogP contribution is -2.31. The minimum atomic E-state index is -0.436. The number of hydrogen-bond donors (Lipinski definition) is 1. The summed E-state index contributed by atoms with van der Waals surface area (Å²) in [5, 5.41) is 12.1. The van der Waals surface area contributed by atoms with Crippen LogP contribution in [0.25, 0.3) is 0 Å². The van der Waals surface area contributed by atoms with Crippen molar-refractivity contribution in [2.75, 3.05) is 18.4 Å². The first-order valence-corrected chi connectivity index (χ1v) is 9.87. The van der Waals surface area contributed by atoms with E-state index in [1.165, 1.54) is 12.5 Å². The lowest BCUT2D eigenvalue weighted by Gasteiger charge is -2.31. The SMILES string of the molecule is CC(=O)c1ccc(NC(=O)/C(C#N)=C\N2CCC(Cc3ccccc3)CC2)cc1. The van der Waals surface area contributed by atoms with E-state index in [-0.39, 0.29) is 11.4 Å². The van der Waals surface area contributed by atoms with E-state index >= 15 is 0 Å². The van der Waals surface area contributed by atoms with Crippen molar-refractivity contribution >= 4 is 17.4 Å². The van der Waals surface area contributed by atoms with Gasteiger partial charge in [0.1, 0.15) is 11.6 Å². The van der Waals surface area contributed by atoms with Gasteiger partial charge in [0, 0.05) is 30.5 Å². The maximum Gasteiger partial charge on any atom is 0.267 e. The molecule has 2 aromatic rings. The maximum atomic E-state index is 12.4. The lowest BCUT2D eigenvalue weighted by molar-refractivity contribution is -0.112. The molecule has 2 aromatic carbocycles. The number of benzene rings is 2. The van der Waals surface area contributed by atoms with Crippen LogP contribution in [-0.2, 0) is 11.2 Å². The number of rotatable bonds is 6. The number of anilines is 1. The Balaban J connectivity index is 1.55. The fourth-order valence-electron chi connectivity index (χ4n) is 3.54. The Morgan fingerprint density at radius 1 is 1.10 bits per heavy atom. The summed E-state index contributed by atoms with van der Waals surface area (Å²) in [7, 11) is 0. The molecule has 1 fully saturated rings. The van der Waals surface area contributed by atoms with Crippen LogP contribution in [0.4, 0.5) is 5.69 Å². The van der Waals surface area contributed by atoms with Gasteiger partial charge in [-0.2, -0.15) is 5.26 Å². The van der Waals surface area contributed by atoms with E-state index in [1.807, 2.05) is 12.1 Å². The highest BCUT2D eigenvalue weighted by molar-refractivity contribution is 6.06. The van der Waals surface area contributed by atoms with Gasteiger partial charge in [-0.25, -0.2) is 0 Å². The van der Waals surface area contributed by atoms with E-state index in [0.29, 0.717) is 17.2 Å². The first kappa shape index (κ1) is 20.3. The lowest BCUT2D eigenvalue weighted by atomic mass is 9.90. The van der Waals surface area contributed by atoms with Gasteiger partial charge in [0.05, 0.1) is 0 Å². The Kier molecular flexibility index (Phi) is 6.80. The molecule has 1 aliphatic rings. The van der Waals surface area contributed by atoms with Gasteiger partial charge in [-0.3, -0.25) is 9.59 Å². The van der Waals surface area contributed by atoms with Crippen LogP contribution in [-0.4, -0.2) is 29.7 Å². The zero-order valence-electron chi connectivity index (χ0n) is 16.6. The molecule has 1 heterocycles. The van der Waals surface area contributed by atoms with Crippen molar-refractivity contribution in [3.63, 3.8) is 0 Å². The number of hydrogen-bond acceptors (Lipinski definition) is 4. The van der Waals surface area contributed by atoms with E-state index < -0.39 is 5.91 Å². The number of carbonyl (C=O) groups excluding carboxylic acids is 2. The van der Waals surface area contributed by atoms with Crippen molar-refractivity contribution < 1.29 is 9.59 Å². The quantitative estimate of drug-likeness (QED) is 0.458. The third-order valence-corrected chi connectivity index (χ3v) is 5.24. The van der Waals surface area contributed by atoms with Crippen LogP contribution in [0.2, 0.25) is 0 Å². The molecule has 3 rings (SSSR count). The summed E-state index contributed by atoms with van der Waals surface area (Å²) in [6, 6.07) is 19.1. The largest absolute Gasteiger partial charge is 0.376 e. The summed E-state index contributed by atoms with van der Waals surface area (Å²) in [6.45, 7) is 3.17. The minimum absolute atomic E-state index is 0.0313. The van der Waals surface area contributed by atoms with Crippen LogP contribution in [0.5, 0.6) is 0 Å². The van der Waals surface area contributed by atoms with Crippen LogP contribution >= 0.6 is 0 Å². The molecule has 1 saturated heterocycles. The van der Waals surface area contributed by atoms with Crippen LogP contribution in [0.3, 0.4) is 0 Å². The standard InChI is InChI=1S/C24H25N3O2/c1-18(28)21-7-9-23(10-8-21)26-24(29)22(16-25)17-27-13-11-20(12-14-27)15-19-5-3-2-4-6-19/h2-10,17,20H,11-15H2,1H3,(H,26,29)/b22-17-. The van der Waals surface area contributed by atoms with Gasteiger partial charge >= 0.3 is 0 Å². The van der Waals surface area contributed by atoms with E-state index in [0.717, 1.165) is 32.4 Å². The molecule has 1 aliphatic heterocycles. The highest BCUT2D eigenvalue weighted by Gasteiger charge is 2.19. The predicted molar refractivity (Wildman–Crippen MR) is 113 cm³/mol. The van der Waals surface area contributed by atoms with Gasteiger partial charge in [0.2, 0.25) is 0 Å². The Hall–Kier alpha value is -3.39. The van der Waals surface area contributed by atoms with Gasteiger partial charge in [-0.15, -0.1) is 0 Å². The van der Waals surface area contributed by atoms with Gasteiger partial charge in [0.25, 0.3) is 5.91 Å². The number of carbonyl (C=O) groups is 2. The van der Waals surface area contributed by atoms with Crippen molar-refractivity contribution in [3.8, 4) is 6.07 Å². The Bertz CT molecular complexity index is 919. The topological polar surface area (TPSA) is 73.2 Å². The first-order valence-electron chi connectivity index (χ1n) is 9.87. The molecule has 0 aliphatic carbocycles. The van der Waals surface area contributed by atoms with E-state index in [1.54, 1.807) is 30.5 Å². The van der Waals surface area contributed by atoms with E-state index in [9.17, 15) is 14.9 Å². The number of ketones is 1. The molecule has 29 heavy (non-hydrogen) atoms. The predicted octanol–water partition coefficient (Wildman–Crippen LogP) is 4.19. The molecule has 148 valence electrons. The number of amides is 1. The third-order valence-electron chi connectivity index (χ3n) is 5.24. The number of Topliss-reactive ketones (excluding diaryl/α,β-unsaturated/α-hetero) is 1. The van der Waals surface area contributed by atoms with E-state index in [2.05, 4.69) is 34.5 Å². The van der Waals surface area contributed by atoms with Crippen molar-refractivity contribution in [3.05, 3.63) is 77.5 Å². The van der Waals surface area contributed by atoms with Crippen LogP contribution in [0, 0.1) is 17.2 Å². The zero-order chi connectivity index (χ0) is 20.6. The molecule has 0 radical (unpaired) electrons. The second kappa shape index (κ2) is 9.70. The average Bonchev–Trinajstić information content (AvgIpc) is 2.74. The van der Waals surface area contributed by atoms with Crippen molar-refractivity contribution in [1.29, 1.82) is 5.26 Å². The smallest absolute Gasteiger partial charge is 0.267 e. The number of piperidine rings is 1. The molecule has 0 atom stereocenters. The number of likely N-dealkylation sites (tertiary alicyclic amines) is 1. The molecule has 0 unspecified atom stereocenters. The summed E-state index contributed by atoms with van der Waals surface area (Å²) in [5.74, 6) is 0.159. The van der Waals surface area contributed by atoms with Crippen LogP contribution in [0.15, 0.2) is 66.4 Å². The second-order valence-corrected chi connectivity index (χ2v) is 7.41. The van der Waals surface area contributed by atoms with Crippen molar-refractivity contribution in [2.45, 2.75) is 26.2 Å². The molecule has 0 saturated carbocycles. The summed E-state index contributed by atoms with van der Waals surface area (Å²) in [5.41, 5.74) is 2.58. The molecule has 5 nitrogen and oxygen atoms in total. The maximum absolute atomic E-state index is 12.4. The second-order valence-electron chi connectivity index (χ2n) is 7.41. The number of nitriles is 1.